The van der Waals surface area contributed by atoms with Crippen molar-refractivity contribution < 1.29 is 14.3 Å². The van der Waals surface area contributed by atoms with Crippen molar-refractivity contribution in [1.82, 2.24) is 4.90 Å². The third-order valence-electron chi connectivity index (χ3n) is 3.65. The van der Waals surface area contributed by atoms with E-state index in [1.54, 1.807) is 18.2 Å². The van der Waals surface area contributed by atoms with E-state index in [9.17, 15) is 9.59 Å². The van der Waals surface area contributed by atoms with Gasteiger partial charge in [-0.05, 0) is 50.1 Å². The molecule has 0 bridgehead atoms. The Morgan fingerprint density at radius 1 is 1.48 bits per heavy atom. The molecule has 1 atom stereocenters. The summed E-state index contributed by atoms with van der Waals surface area (Å²) in [6.07, 6.45) is 1.63. The first kappa shape index (κ1) is 15.8. The molecule has 1 aliphatic heterocycles. The van der Waals surface area contributed by atoms with Gasteiger partial charge in [0.1, 0.15) is 6.04 Å². The van der Waals surface area contributed by atoms with Gasteiger partial charge in [0.15, 0.2) is 0 Å². The van der Waals surface area contributed by atoms with Crippen LogP contribution < -0.4 is 5.32 Å². The molecule has 1 amide bonds. The minimum atomic E-state index is -0.313. The standard InChI is InChI=1S/C15H19ClN2O3/c1-10-8-11(16)5-6-12(10)17-14(19)9-18-7-3-4-13(18)15(20)21-2/h5-6,8,13H,3-4,7,9H2,1-2H3,(H,17,19). The third kappa shape index (κ3) is 3.95. The van der Waals surface area contributed by atoms with Crippen LogP contribution in [0.15, 0.2) is 18.2 Å². The minimum absolute atomic E-state index is 0.142. The number of carbonyl (C=O) groups excluding carboxylic acids is 2. The fourth-order valence-corrected chi connectivity index (χ4v) is 2.79. The van der Waals surface area contributed by atoms with E-state index < -0.39 is 0 Å². The van der Waals surface area contributed by atoms with Gasteiger partial charge in [0.25, 0.3) is 0 Å². The maximum Gasteiger partial charge on any atom is 0.323 e. The number of anilines is 1. The molecular weight excluding hydrogens is 292 g/mol. The number of hydrogen-bond acceptors (Lipinski definition) is 4. The molecule has 0 aromatic heterocycles. The van der Waals surface area contributed by atoms with Crippen molar-refractivity contribution in [2.45, 2.75) is 25.8 Å². The van der Waals surface area contributed by atoms with Crippen LogP contribution in [0.4, 0.5) is 5.69 Å². The summed E-state index contributed by atoms with van der Waals surface area (Å²) in [5.74, 6) is -0.417. The summed E-state index contributed by atoms with van der Waals surface area (Å²) in [6.45, 7) is 2.79. The van der Waals surface area contributed by atoms with Crippen LogP contribution in [0.5, 0.6) is 0 Å². The number of nitrogens with zero attached hydrogens (tertiary/aromatic N) is 1. The average Bonchev–Trinajstić information content (AvgIpc) is 2.89. The van der Waals surface area contributed by atoms with E-state index in [-0.39, 0.29) is 24.5 Å². The molecule has 0 spiro atoms. The molecule has 2 rings (SSSR count). The number of likely N-dealkylation sites (tertiary alicyclic amines) is 1. The lowest BCUT2D eigenvalue weighted by atomic mass is 10.2. The van der Waals surface area contributed by atoms with Crippen LogP contribution in [0.25, 0.3) is 0 Å². The molecule has 1 aromatic carbocycles. The summed E-state index contributed by atoms with van der Waals surface area (Å²) in [4.78, 5) is 25.6. The summed E-state index contributed by atoms with van der Waals surface area (Å²) >= 11 is 5.89. The second-order valence-corrected chi connectivity index (χ2v) is 5.60. The number of rotatable bonds is 4. The Morgan fingerprint density at radius 3 is 2.90 bits per heavy atom. The Labute approximate surface area is 129 Å². The van der Waals surface area contributed by atoms with Crippen LogP contribution >= 0.6 is 11.6 Å². The van der Waals surface area contributed by atoms with Gasteiger partial charge in [-0.25, -0.2) is 0 Å². The predicted molar refractivity (Wildman–Crippen MR) is 81.4 cm³/mol. The Kier molecular flexibility index (Phi) is 5.20. The van der Waals surface area contributed by atoms with Gasteiger partial charge in [0.05, 0.1) is 13.7 Å². The number of halogens is 1. The second-order valence-electron chi connectivity index (χ2n) is 5.16. The highest BCUT2D eigenvalue weighted by Crippen LogP contribution is 2.21. The number of methoxy groups -OCH3 is 1. The maximum absolute atomic E-state index is 12.1. The van der Waals surface area contributed by atoms with Crippen LogP contribution in [0.2, 0.25) is 5.02 Å². The zero-order chi connectivity index (χ0) is 15.4. The highest BCUT2D eigenvalue weighted by Gasteiger charge is 2.32. The monoisotopic (exact) mass is 310 g/mol. The Balaban J connectivity index is 1.96. The normalized spacial score (nSPS) is 18.5. The van der Waals surface area contributed by atoms with Crippen molar-refractivity contribution in [3.63, 3.8) is 0 Å². The molecule has 1 aliphatic rings. The SMILES string of the molecule is COC(=O)C1CCCN1CC(=O)Nc1ccc(Cl)cc1C. The molecule has 5 nitrogen and oxygen atoms in total. The number of hydrogen-bond donors (Lipinski definition) is 1. The van der Waals surface area contributed by atoms with Gasteiger partial charge in [-0.15, -0.1) is 0 Å². The van der Waals surface area contributed by atoms with Crippen LogP contribution in [0.3, 0.4) is 0 Å². The fourth-order valence-electron chi connectivity index (χ4n) is 2.56. The van der Waals surface area contributed by atoms with Gasteiger partial charge >= 0.3 is 5.97 Å². The number of carbonyl (C=O) groups is 2. The maximum atomic E-state index is 12.1. The predicted octanol–water partition coefficient (Wildman–Crippen LogP) is 2.22. The fraction of sp³-hybridized carbons (Fsp3) is 0.467. The van der Waals surface area contributed by atoms with Gasteiger partial charge in [-0.3, -0.25) is 14.5 Å². The van der Waals surface area contributed by atoms with Gasteiger partial charge in [-0.1, -0.05) is 11.6 Å². The highest BCUT2D eigenvalue weighted by molar-refractivity contribution is 6.30. The van der Waals surface area contributed by atoms with Crippen LogP contribution in [-0.2, 0) is 14.3 Å². The number of benzene rings is 1. The largest absolute Gasteiger partial charge is 0.468 e. The second kappa shape index (κ2) is 6.91. The van der Waals surface area contributed by atoms with Crippen molar-refractivity contribution in [1.29, 1.82) is 0 Å². The Bertz CT molecular complexity index is 548. The smallest absolute Gasteiger partial charge is 0.323 e. The van der Waals surface area contributed by atoms with Crippen molar-refractivity contribution in [2.24, 2.45) is 0 Å². The first-order valence-electron chi connectivity index (χ1n) is 6.89. The average molecular weight is 311 g/mol. The molecule has 114 valence electrons. The lowest BCUT2D eigenvalue weighted by Gasteiger charge is -2.21. The number of amides is 1. The van der Waals surface area contributed by atoms with Crippen LogP contribution in [-0.4, -0.2) is 43.0 Å². The van der Waals surface area contributed by atoms with E-state index in [0.717, 1.165) is 30.6 Å². The Morgan fingerprint density at radius 2 is 2.24 bits per heavy atom. The lowest BCUT2D eigenvalue weighted by Crippen LogP contribution is -2.41. The topological polar surface area (TPSA) is 58.6 Å². The summed E-state index contributed by atoms with van der Waals surface area (Å²) in [5, 5.41) is 3.49. The zero-order valence-corrected chi connectivity index (χ0v) is 12.9. The molecule has 1 fully saturated rings. The molecular formula is C15H19ClN2O3. The summed E-state index contributed by atoms with van der Waals surface area (Å²) in [5.41, 5.74) is 1.64. The first-order valence-corrected chi connectivity index (χ1v) is 7.27. The molecule has 6 heteroatoms. The van der Waals surface area contributed by atoms with Crippen molar-refractivity contribution >= 4 is 29.2 Å². The van der Waals surface area contributed by atoms with E-state index in [2.05, 4.69) is 5.32 Å². The molecule has 1 N–H and O–H groups in total. The molecule has 1 unspecified atom stereocenters. The summed E-state index contributed by atoms with van der Waals surface area (Å²) in [6, 6.07) is 4.99. The first-order chi connectivity index (χ1) is 10.0. The number of ether oxygens (including phenoxy) is 1. The van der Waals surface area contributed by atoms with E-state index >= 15 is 0 Å². The summed E-state index contributed by atoms with van der Waals surface area (Å²) in [7, 11) is 1.37. The molecule has 0 saturated carbocycles. The van der Waals surface area contributed by atoms with Gasteiger partial charge in [-0.2, -0.15) is 0 Å². The minimum Gasteiger partial charge on any atom is -0.468 e. The lowest BCUT2D eigenvalue weighted by molar-refractivity contribution is -0.146. The molecule has 1 heterocycles. The molecule has 0 aliphatic carbocycles. The number of nitrogens with one attached hydrogen (secondary N) is 1. The van der Waals surface area contributed by atoms with E-state index in [4.69, 9.17) is 16.3 Å². The third-order valence-corrected chi connectivity index (χ3v) is 3.88. The Hall–Kier alpha value is -1.59. The molecule has 1 aromatic rings. The zero-order valence-electron chi connectivity index (χ0n) is 12.2. The molecule has 0 radical (unpaired) electrons. The molecule has 1 saturated heterocycles. The van der Waals surface area contributed by atoms with E-state index in [1.807, 2.05) is 11.8 Å². The molecule has 21 heavy (non-hydrogen) atoms. The number of aryl methyl sites for hydroxylation is 1. The van der Waals surface area contributed by atoms with E-state index in [0.29, 0.717) is 5.02 Å². The van der Waals surface area contributed by atoms with Crippen molar-refractivity contribution in [3.05, 3.63) is 28.8 Å². The quantitative estimate of drug-likeness (QED) is 0.866. The van der Waals surface area contributed by atoms with Gasteiger partial charge < -0.3 is 10.1 Å². The van der Waals surface area contributed by atoms with Crippen molar-refractivity contribution in [2.75, 3.05) is 25.5 Å². The van der Waals surface area contributed by atoms with Crippen molar-refractivity contribution in [3.8, 4) is 0 Å². The summed E-state index contributed by atoms with van der Waals surface area (Å²) < 4.78 is 4.77. The van der Waals surface area contributed by atoms with Gasteiger partial charge in [0.2, 0.25) is 5.91 Å². The van der Waals surface area contributed by atoms with Crippen LogP contribution in [0.1, 0.15) is 18.4 Å². The number of esters is 1. The van der Waals surface area contributed by atoms with Crippen LogP contribution in [0, 0.1) is 6.92 Å². The highest BCUT2D eigenvalue weighted by atomic mass is 35.5. The van der Waals surface area contributed by atoms with E-state index in [1.165, 1.54) is 7.11 Å². The van der Waals surface area contributed by atoms with Gasteiger partial charge in [0, 0.05) is 10.7 Å².